The van der Waals surface area contributed by atoms with Crippen molar-refractivity contribution in [2.45, 2.75) is 6.18 Å². The third kappa shape index (κ3) is 8.00. The highest BCUT2D eigenvalue weighted by Gasteiger charge is 2.30. The Kier molecular flexibility index (Phi) is 7.92. The van der Waals surface area contributed by atoms with E-state index in [9.17, 15) is 31.2 Å². The summed E-state index contributed by atoms with van der Waals surface area (Å²) in [4.78, 5) is 24.3. The molecule has 182 valence electrons. The molecule has 0 radical (unpaired) electrons. The second-order valence-electron chi connectivity index (χ2n) is 7.14. The van der Waals surface area contributed by atoms with Crippen LogP contribution in [0.2, 0.25) is 0 Å². The minimum absolute atomic E-state index is 0.0379. The summed E-state index contributed by atoms with van der Waals surface area (Å²) < 4.78 is 70.1. The highest BCUT2D eigenvalue weighted by molar-refractivity contribution is 7.95. The topological polar surface area (TPSA) is 102 Å². The van der Waals surface area contributed by atoms with E-state index in [-0.39, 0.29) is 16.9 Å². The number of hydrogen-bond donors (Lipinski definition) is 2. The first-order valence-electron chi connectivity index (χ1n) is 10.0. The number of ether oxygens (including phenoxy) is 1. The number of anilines is 2. The van der Waals surface area contributed by atoms with Gasteiger partial charge in [0.15, 0.2) is 6.61 Å². The van der Waals surface area contributed by atoms with Crippen LogP contribution < -0.4 is 10.0 Å². The van der Waals surface area contributed by atoms with Crippen molar-refractivity contribution in [1.29, 1.82) is 0 Å². The van der Waals surface area contributed by atoms with Crippen molar-refractivity contribution in [2.75, 3.05) is 16.6 Å². The molecule has 35 heavy (non-hydrogen) atoms. The van der Waals surface area contributed by atoms with E-state index < -0.39 is 40.2 Å². The van der Waals surface area contributed by atoms with Gasteiger partial charge in [0.2, 0.25) is 0 Å². The molecule has 0 saturated heterocycles. The van der Waals surface area contributed by atoms with Crippen LogP contribution in [-0.2, 0) is 25.7 Å². The van der Waals surface area contributed by atoms with Crippen LogP contribution >= 0.6 is 0 Å². The third-order valence-corrected chi connectivity index (χ3v) is 5.42. The fourth-order valence-electron chi connectivity index (χ4n) is 2.83. The SMILES string of the molecule is O=C(COC(=O)c1cccc(NS(=O)(=O)C=Cc2ccccc2)c1)Nc1cccc(C(F)(F)F)c1. The molecule has 0 saturated carbocycles. The van der Waals surface area contributed by atoms with Crippen molar-refractivity contribution < 1.29 is 35.9 Å². The van der Waals surface area contributed by atoms with E-state index in [1.165, 1.54) is 36.4 Å². The van der Waals surface area contributed by atoms with Crippen molar-refractivity contribution in [3.05, 3.63) is 101 Å². The number of sulfonamides is 1. The van der Waals surface area contributed by atoms with Gasteiger partial charge in [0.1, 0.15) is 0 Å². The molecular formula is C24H19F3N2O5S. The second kappa shape index (κ2) is 10.9. The zero-order valence-electron chi connectivity index (χ0n) is 18.0. The number of alkyl halides is 3. The van der Waals surface area contributed by atoms with E-state index in [2.05, 4.69) is 10.0 Å². The minimum atomic E-state index is -4.57. The van der Waals surface area contributed by atoms with Gasteiger partial charge in [0, 0.05) is 11.4 Å². The lowest BCUT2D eigenvalue weighted by molar-refractivity contribution is -0.137. The van der Waals surface area contributed by atoms with Crippen LogP contribution in [0.25, 0.3) is 6.08 Å². The highest BCUT2D eigenvalue weighted by atomic mass is 32.2. The van der Waals surface area contributed by atoms with Gasteiger partial charge in [-0.05, 0) is 48.0 Å². The molecule has 0 fully saturated rings. The summed E-state index contributed by atoms with van der Waals surface area (Å²) in [5.41, 5.74) is -0.320. The number of carbonyl (C=O) groups is 2. The zero-order valence-corrected chi connectivity index (χ0v) is 18.8. The maximum Gasteiger partial charge on any atom is 0.416 e. The minimum Gasteiger partial charge on any atom is -0.452 e. The van der Waals surface area contributed by atoms with Crippen LogP contribution in [0.3, 0.4) is 0 Å². The lowest BCUT2D eigenvalue weighted by Gasteiger charge is -2.10. The van der Waals surface area contributed by atoms with E-state index in [4.69, 9.17) is 4.74 Å². The average Bonchev–Trinajstić information content (AvgIpc) is 2.81. The normalized spacial score (nSPS) is 11.7. The smallest absolute Gasteiger partial charge is 0.416 e. The molecule has 1 amide bonds. The third-order valence-electron chi connectivity index (χ3n) is 4.41. The number of amides is 1. The quantitative estimate of drug-likeness (QED) is 0.425. The number of benzene rings is 3. The van der Waals surface area contributed by atoms with Crippen molar-refractivity contribution in [3.63, 3.8) is 0 Å². The van der Waals surface area contributed by atoms with Gasteiger partial charge in [-0.25, -0.2) is 13.2 Å². The van der Waals surface area contributed by atoms with Gasteiger partial charge in [0.25, 0.3) is 15.9 Å². The number of rotatable bonds is 8. The molecule has 3 aromatic carbocycles. The summed E-state index contributed by atoms with van der Waals surface area (Å²) in [7, 11) is -3.88. The van der Waals surface area contributed by atoms with Crippen LogP contribution in [0.1, 0.15) is 21.5 Å². The molecule has 0 bridgehead atoms. The van der Waals surface area contributed by atoms with Crippen molar-refractivity contribution in [1.82, 2.24) is 0 Å². The number of halogens is 3. The predicted molar refractivity (Wildman–Crippen MR) is 125 cm³/mol. The Morgan fingerprint density at radius 2 is 1.57 bits per heavy atom. The second-order valence-corrected chi connectivity index (χ2v) is 8.71. The summed E-state index contributed by atoms with van der Waals surface area (Å²) in [6.45, 7) is -0.759. The monoisotopic (exact) mass is 504 g/mol. The summed E-state index contributed by atoms with van der Waals surface area (Å²) >= 11 is 0. The van der Waals surface area contributed by atoms with E-state index in [0.29, 0.717) is 5.56 Å². The van der Waals surface area contributed by atoms with Crippen LogP contribution in [0.15, 0.2) is 84.3 Å². The van der Waals surface area contributed by atoms with Crippen molar-refractivity contribution >= 4 is 39.4 Å². The Morgan fingerprint density at radius 3 is 2.29 bits per heavy atom. The maximum atomic E-state index is 12.8. The lowest BCUT2D eigenvalue weighted by atomic mass is 10.2. The van der Waals surface area contributed by atoms with Crippen LogP contribution in [-0.4, -0.2) is 26.9 Å². The molecule has 3 rings (SSSR count). The van der Waals surface area contributed by atoms with Crippen molar-refractivity contribution in [2.24, 2.45) is 0 Å². The highest BCUT2D eigenvalue weighted by Crippen LogP contribution is 2.30. The molecule has 0 spiro atoms. The molecule has 0 heterocycles. The Bertz CT molecular complexity index is 1340. The summed E-state index contributed by atoms with van der Waals surface area (Å²) in [5, 5.41) is 3.19. The zero-order chi connectivity index (χ0) is 25.5. The van der Waals surface area contributed by atoms with Crippen LogP contribution in [0.4, 0.5) is 24.5 Å². The van der Waals surface area contributed by atoms with Gasteiger partial charge in [-0.3, -0.25) is 9.52 Å². The molecule has 3 aromatic rings. The number of carbonyl (C=O) groups excluding carboxylic acids is 2. The van der Waals surface area contributed by atoms with Crippen LogP contribution in [0, 0.1) is 0 Å². The first-order valence-corrected chi connectivity index (χ1v) is 11.6. The summed E-state index contributed by atoms with van der Waals surface area (Å²) in [5.74, 6) is -1.77. The molecule has 7 nitrogen and oxygen atoms in total. The first-order chi connectivity index (χ1) is 16.5. The Labute approximate surface area is 199 Å². The molecule has 0 aromatic heterocycles. The molecule has 0 unspecified atom stereocenters. The molecule has 2 N–H and O–H groups in total. The van der Waals surface area contributed by atoms with Gasteiger partial charge in [-0.1, -0.05) is 42.5 Å². The Balaban J connectivity index is 1.58. The van der Waals surface area contributed by atoms with Gasteiger partial charge in [0.05, 0.1) is 16.5 Å². The number of nitrogens with one attached hydrogen (secondary N) is 2. The predicted octanol–water partition coefficient (Wildman–Crippen LogP) is 4.91. The molecule has 0 atom stereocenters. The fourth-order valence-corrected chi connectivity index (χ4v) is 3.68. The van der Waals surface area contributed by atoms with E-state index >= 15 is 0 Å². The average molecular weight is 504 g/mol. The van der Waals surface area contributed by atoms with Crippen LogP contribution in [0.5, 0.6) is 0 Å². The maximum absolute atomic E-state index is 12.8. The van der Waals surface area contributed by atoms with Crippen molar-refractivity contribution in [3.8, 4) is 0 Å². The molecule has 0 aliphatic rings. The van der Waals surface area contributed by atoms with Gasteiger partial charge in [-0.2, -0.15) is 13.2 Å². The van der Waals surface area contributed by atoms with E-state index in [0.717, 1.165) is 23.6 Å². The number of hydrogen-bond acceptors (Lipinski definition) is 5. The Hall–Kier alpha value is -4.12. The molecule has 11 heteroatoms. The molecular weight excluding hydrogens is 485 g/mol. The lowest BCUT2D eigenvalue weighted by Crippen LogP contribution is -2.21. The van der Waals surface area contributed by atoms with Gasteiger partial charge in [-0.15, -0.1) is 0 Å². The van der Waals surface area contributed by atoms with Gasteiger partial charge >= 0.3 is 12.1 Å². The first kappa shape index (κ1) is 25.5. The summed E-state index contributed by atoms with van der Waals surface area (Å²) in [6.07, 6.45) is -3.17. The summed E-state index contributed by atoms with van der Waals surface area (Å²) in [6, 6.07) is 18.2. The Morgan fingerprint density at radius 1 is 0.886 bits per heavy atom. The number of esters is 1. The van der Waals surface area contributed by atoms with E-state index in [1.54, 1.807) is 30.3 Å². The van der Waals surface area contributed by atoms with E-state index in [1.807, 2.05) is 0 Å². The molecule has 0 aliphatic carbocycles. The largest absolute Gasteiger partial charge is 0.452 e. The van der Waals surface area contributed by atoms with Gasteiger partial charge < -0.3 is 10.1 Å². The fraction of sp³-hybridized carbons (Fsp3) is 0.0833. The standard InChI is InChI=1S/C24H19F3N2O5S/c25-24(26,27)19-9-5-10-20(15-19)28-22(30)16-34-23(31)18-8-4-11-21(14-18)29-35(32,33)13-12-17-6-2-1-3-7-17/h1-15,29H,16H2,(H,28,30). The molecule has 0 aliphatic heterocycles.